The Morgan fingerprint density at radius 2 is 1.35 bits per heavy atom. The number of rotatable bonds is 14. The van der Waals surface area contributed by atoms with Crippen molar-refractivity contribution in [2.45, 2.75) is 58.3 Å². The van der Waals surface area contributed by atoms with Crippen LogP contribution in [-0.2, 0) is 4.79 Å². The molecule has 0 bridgehead atoms. The van der Waals surface area contributed by atoms with E-state index in [-0.39, 0.29) is 46.5 Å². The van der Waals surface area contributed by atoms with E-state index >= 15 is 0 Å². The van der Waals surface area contributed by atoms with Crippen LogP contribution in [0.25, 0.3) is 12.2 Å². The number of benzene rings is 3. The largest absolute Gasteiger partial charge is 0.492 e. The van der Waals surface area contributed by atoms with Crippen molar-refractivity contribution in [1.29, 1.82) is 0 Å². The van der Waals surface area contributed by atoms with Crippen molar-refractivity contribution in [1.82, 2.24) is 4.90 Å². The number of nitrogens with two attached hydrogens (primary N) is 1. The SMILES string of the molecule is CCCCN(CCCC)CCOc1ccc(C(N)=O)c(C2C/C(=C\c3ccc(F)c(F)c3)C(=O)/C(=C/c3ccc(F)c(F)c3)C2)c1. The van der Waals surface area contributed by atoms with Crippen molar-refractivity contribution >= 4 is 23.8 Å². The van der Waals surface area contributed by atoms with Crippen molar-refractivity contribution in [3.05, 3.63) is 111 Å². The summed E-state index contributed by atoms with van der Waals surface area (Å²) in [7, 11) is 0. The topological polar surface area (TPSA) is 72.6 Å². The summed E-state index contributed by atoms with van der Waals surface area (Å²) in [6, 6.07) is 11.7. The van der Waals surface area contributed by atoms with Crippen molar-refractivity contribution in [2.75, 3.05) is 26.2 Å². The molecule has 3 aromatic carbocycles. The lowest BCUT2D eigenvalue weighted by Crippen LogP contribution is -2.30. The summed E-state index contributed by atoms with van der Waals surface area (Å²) >= 11 is 0. The molecule has 1 aliphatic rings. The molecule has 0 aliphatic heterocycles. The Labute approximate surface area is 267 Å². The second kappa shape index (κ2) is 16.4. The number of amides is 1. The summed E-state index contributed by atoms with van der Waals surface area (Å²) in [6.07, 6.45) is 7.68. The van der Waals surface area contributed by atoms with Crippen LogP contribution < -0.4 is 10.5 Å². The molecule has 3 aromatic rings. The van der Waals surface area contributed by atoms with Gasteiger partial charge in [0.25, 0.3) is 0 Å². The molecule has 0 heterocycles. The number of carbonyl (C=O) groups is 2. The fourth-order valence-electron chi connectivity index (χ4n) is 5.65. The number of hydrogen-bond donors (Lipinski definition) is 1. The highest BCUT2D eigenvalue weighted by Crippen LogP contribution is 2.41. The number of halogens is 4. The molecule has 0 atom stereocenters. The van der Waals surface area contributed by atoms with Gasteiger partial charge in [0.15, 0.2) is 29.1 Å². The molecule has 1 saturated carbocycles. The normalized spacial score (nSPS) is 16.8. The maximum Gasteiger partial charge on any atom is 0.248 e. The summed E-state index contributed by atoms with van der Waals surface area (Å²) in [4.78, 5) is 28.6. The van der Waals surface area contributed by atoms with Crippen molar-refractivity contribution < 1.29 is 31.9 Å². The van der Waals surface area contributed by atoms with Crippen molar-refractivity contribution in [3.8, 4) is 5.75 Å². The fourth-order valence-corrected chi connectivity index (χ4v) is 5.65. The number of hydrogen-bond acceptors (Lipinski definition) is 4. The predicted molar refractivity (Wildman–Crippen MR) is 172 cm³/mol. The maximum absolute atomic E-state index is 14.0. The van der Waals surface area contributed by atoms with Crippen LogP contribution in [0.4, 0.5) is 17.6 Å². The Kier molecular flexibility index (Phi) is 12.3. The molecular formula is C37H40F4N2O3. The summed E-state index contributed by atoms with van der Waals surface area (Å²) in [5.41, 5.74) is 7.71. The average Bonchev–Trinajstić information content (AvgIpc) is 3.03. The predicted octanol–water partition coefficient (Wildman–Crippen LogP) is 8.24. The average molecular weight is 637 g/mol. The van der Waals surface area contributed by atoms with Crippen LogP contribution >= 0.6 is 0 Å². The van der Waals surface area contributed by atoms with Crippen LogP contribution in [0.5, 0.6) is 5.75 Å². The zero-order valence-electron chi connectivity index (χ0n) is 26.3. The zero-order valence-corrected chi connectivity index (χ0v) is 26.3. The number of ether oxygens (including phenoxy) is 1. The first-order valence-corrected chi connectivity index (χ1v) is 15.7. The minimum absolute atomic E-state index is 0.165. The van der Waals surface area contributed by atoms with Crippen LogP contribution in [0.15, 0.2) is 65.7 Å². The molecule has 9 heteroatoms. The van der Waals surface area contributed by atoms with Gasteiger partial charge in [-0.2, -0.15) is 0 Å². The third kappa shape index (κ3) is 9.16. The van der Waals surface area contributed by atoms with Gasteiger partial charge in [-0.05, 0) is 116 Å². The standard InChI is InChI=1S/C37H40F4N2O3/c1-3-5-13-43(14-6-4-2)15-16-46-29-9-10-30(37(42)45)31(23-29)26-21-27(17-24-7-11-32(38)34(40)19-24)36(44)28(22-26)18-25-8-12-33(39)35(41)20-25/h7-12,17-20,23,26H,3-6,13-16,21-22H2,1-2H3,(H2,42,45)/b27-17+,28-18+. The Hall–Kier alpha value is -4.24. The van der Waals surface area contributed by atoms with Gasteiger partial charge >= 0.3 is 0 Å². The van der Waals surface area contributed by atoms with E-state index in [0.29, 0.717) is 17.9 Å². The highest BCUT2D eigenvalue weighted by molar-refractivity contribution is 6.14. The van der Waals surface area contributed by atoms with Crippen LogP contribution in [0, 0.1) is 23.3 Å². The molecule has 4 rings (SSSR count). The third-order valence-corrected chi connectivity index (χ3v) is 8.15. The minimum Gasteiger partial charge on any atom is -0.492 e. The minimum atomic E-state index is -1.06. The van der Waals surface area contributed by atoms with Crippen LogP contribution in [0.1, 0.15) is 85.3 Å². The highest BCUT2D eigenvalue weighted by atomic mass is 19.2. The third-order valence-electron chi connectivity index (χ3n) is 8.15. The molecule has 1 amide bonds. The van der Waals surface area contributed by atoms with E-state index in [0.717, 1.165) is 69.6 Å². The second-order valence-corrected chi connectivity index (χ2v) is 11.6. The van der Waals surface area contributed by atoms with Gasteiger partial charge in [-0.15, -0.1) is 0 Å². The molecule has 244 valence electrons. The Morgan fingerprint density at radius 1 is 0.804 bits per heavy atom. The number of Topliss-reactive ketones (excluding diaryl/α,β-unsaturated/α-hetero) is 1. The summed E-state index contributed by atoms with van der Waals surface area (Å²) < 4.78 is 61.4. The van der Waals surface area contributed by atoms with Gasteiger partial charge in [0.05, 0.1) is 0 Å². The van der Waals surface area contributed by atoms with Gasteiger partial charge in [0.2, 0.25) is 5.91 Å². The summed E-state index contributed by atoms with van der Waals surface area (Å²) in [5.74, 6) is -5.08. The van der Waals surface area contributed by atoms with E-state index in [4.69, 9.17) is 10.5 Å². The number of unbranched alkanes of at least 4 members (excludes halogenated alkanes) is 2. The zero-order chi connectivity index (χ0) is 33.2. The molecule has 0 saturated heterocycles. The first-order chi connectivity index (χ1) is 22.1. The number of primary amides is 1. The fraction of sp³-hybridized carbons (Fsp3) is 0.351. The van der Waals surface area contributed by atoms with E-state index in [1.165, 1.54) is 24.3 Å². The molecule has 0 radical (unpaired) electrons. The molecule has 5 nitrogen and oxygen atoms in total. The molecule has 2 N–H and O–H groups in total. The van der Waals surface area contributed by atoms with E-state index < -0.39 is 35.1 Å². The van der Waals surface area contributed by atoms with Gasteiger partial charge in [0, 0.05) is 23.3 Å². The van der Waals surface area contributed by atoms with E-state index in [9.17, 15) is 27.2 Å². The first kappa shape index (κ1) is 34.6. The van der Waals surface area contributed by atoms with Gasteiger partial charge in [-0.3, -0.25) is 14.5 Å². The van der Waals surface area contributed by atoms with Crippen LogP contribution in [0.3, 0.4) is 0 Å². The lowest BCUT2D eigenvalue weighted by molar-refractivity contribution is -0.113. The smallest absolute Gasteiger partial charge is 0.248 e. The van der Waals surface area contributed by atoms with Crippen LogP contribution in [-0.4, -0.2) is 42.8 Å². The van der Waals surface area contributed by atoms with E-state index in [2.05, 4.69) is 18.7 Å². The molecule has 1 aliphatic carbocycles. The number of ketones is 1. The van der Waals surface area contributed by atoms with Crippen molar-refractivity contribution in [2.24, 2.45) is 5.73 Å². The molecule has 0 aromatic heterocycles. The quantitative estimate of drug-likeness (QED) is 0.143. The molecular weight excluding hydrogens is 596 g/mol. The lowest BCUT2D eigenvalue weighted by atomic mass is 9.75. The first-order valence-electron chi connectivity index (χ1n) is 15.7. The Bertz CT molecular complexity index is 1540. The summed E-state index contributed by atoms with van der Waals surface area (Å²) in [6.45, 7) is 7.48. The summed E-state index contributed by atoms with van der Waals surface area (Å²) in [5, 5.41) is 0. The van der Waals surface area contributed by atoms with Gasteiger partial charge in [-0.1, -0.05) is 38.8 Å². The number of allylic oxidation sites excluding steroid dienone is 2. The number of nitrogens with zero attached hydrogens (tertiary/aromatic N) is 1. The van der Waals surface area contributed by atoms with Gasteiger partial charge in [-0.25, -0.2) is 17.6 Å². The second-order valence-electron chi connectivity index (χ2n) is 11.6. The molecule has 46 heavy (non-hydrogen) atoms. The van der Waals surface area contributed by atoms with Crippen LogP contribution in [0.2, 0.25) is 0 Å². The molecule has 0 unspecified atom stereocenters. The monoisotopic (exact) mass is 636 g/mol. The molecule has 1 fully saturated rings. The highest BCUT2D eigenvalue weighted by Gasteiger charge is 2.31. The lowest BCUT2D eigenvalue weighted by Gasteiger charge is -2.28. The number of carbonyl (C=O) groups excluding carboxylic acids is 2. The maximum atomic E-state index is 14.0. The molecule has 0 spiro atoms. The van der Waals surface area contributed by atoms with E-state index in [1.807, 2.05) is 0 Å². The van der Waals surface area contributed by atoms with E-state index in [1.54, 1.807) is 18.2 Å². The Balaban J connectivity index is 1.68. The van der Waals surface area contributed by atoms with Gasteiger partial charge in [0.1, 0.15) is 12.4 Å². The van der Waals surface area contributed by atoms with Crippen molar-refractivity contribution in [3.63, 3.8) is 0 Å². The Morgan fingerprint density at radius 3 is 1.83 bits per heavy atom. The van der Waals surface area contributed by atoms with Gasteiger partial charge < -0.3 is 10.5 Å².